The lowest BCUT2D eigenvalue weighted by atomic mass is 10.2. The van der Waals surface area contributed by atoms with Crippen molar-refractivity contribution in [2.45, 2.75) is 6.61 Å². The quantitative estimate of drug-likeness (QED) is 0.434. The minimum Gasteiger partial charge on any atom is -0.484 e. The molecule has 0 aliphatic heterocycles. The number of rotatable bonds is 4. The summed E-state index contributed by atoms with van der Waals surface area (Å²) in [6.07, 6.45) is 3.05. The monoisotopic (exact) mass is 283 g/mol. The van der Waals surface area contributed by atoms with Crippen LogP contribution in [0.5, 0.6) is 5.75 Å². The number of hydrazine groups is 1. The third-order valence-electron chi connectivity index (χ3n) is 3.06. The molecule has 0 saturated carbocycles. The second-order valence-electron chi connectivity index (χ2n) is 4.38. The minimum absolute atomic E-state index is 0.121. The molecular formula is C15H13N3O3. The fourth-order valence-corrected chi connectivity index (χ4v) is 2.01. The second kappa shape index (κ2) is 5.64. The molecule has 0 fully saturated rings. The normalized spacial score (nSPS) is 10.5. The van der Waals surface area contributed by atoms with E-state index in [-0.39, 0.29) is 6.61 Å². The lowest BCUT2D eigenvalue weighted by molar-refractivity contribution is 0.0949. The molecule has 0 aliphatic rings. The number of furan rings is 1. The number of nitrogens with zero attached hydrogens (tertiary/aromatic N) is 1. The van der Waals surface area contributed by atoms with E-state index in [0.29, 0.717) is 17.1 Å². The van der Waals surface area contributed by atoms with E-state index in [4.69, 9.17) is 15.0 Å². The Bertz CT molecular complexity index is 782. The van der Waals surface area contributed by atoms with Crippen LogP contribution in [0, 0.1) is 0 Å². The number of carbonyl (C=O) groups excluding carboxylic acids is 1. The van der Waals surface area contributed by atoms with Crippen LogP contribution in [-0.4, -0.2) is 10.9 Å². The first-order valence-corrected chi connectivity index (χ1v) is 6.33. The summed E-state index contributed by atoms with van der Waals surface area (Å²) in [5.74, 6) is 5.70. The average Bonchev–Trinajstić information content (AvgIpc) is 3.00. The van der Waals surface area contributed by atoms with Crippen molar-refractivity contribution in [3.05, 3.63) is 60.2 Å². The van der Waals surface area contributed by atoms with E-state index in [9.17, 15) is 4.79 Å². The van der Waals surface area contributed by atoms with Crippen LogP contribution < -0.4 is 16.0 Å². The maximum Gasteiger partial charge on any atom is 0.268 e. The number of nitrogen functional groups attached to an aromatic ring is 1. The molecular weight excluding hydrogens is 270 g/mol. The molecule has 106 valence electrons. The highest BCUT2D eigenvalue weighted by Gasteiger charge is 2.14. The van der Waals surface area contributed by atoms with Gasteiger partial charge in [-0.15, -0.1) is 0 Å². The summed E-state index contributed by atoms with van der Waals surface area (Å²) < 4.78 is 10.9. The minimum atomic E-state index is -0.418. The van der Waals surface area contributed by atoms with E-state index in [2.05, 4.69) is 10.4 Å². The predicted molar refractivity (Wildman–Crippen MR) is 76.4 cm³/mol. The highest BCUT2D eigenvalue weighted by Crippen LogP contribution is 2.20. The van der Waals surface area contributed by atoms with E-state index < -0.39 is 5.91 Å². The smallest absolute Gasteiger partial charge is 0.268 e. The summed E-state index contributed by atoms with van der Waals surface area (Å²) in [4.78, 5) is 15.8. The maximum atomic E-state index is 11.5. The molecule has 0 radical (unpaired) electrons. The van der Waals surface area contributed by atoms with Crippen LogP contribution in [0.25, 0.3) is 10.9 Å². The third kappa shape index (κ3) is 2.70. The summed E-state index contributed by atoms with van der Waals surface area (Å²) in [5, 5.41) is 0.981. The fourth-order valence-electron chi connectivity index (χ4n) is 2.01. The topological polar surface area (TPSA) is 90.4 Å². The van der Waals surface area contributed by atoms with Gasteiger partial charge < -0.3 is 9.15 Å². The summed E-state index contributed by atoms with van der Waals surface area (Å²) in [5.41, 5.74) is 3.31. The number of pyridine rings is 1. The number of carbonyl (C=O) groups is 1. The number of aromatic nitrogens is 1. The van der Waals surface area contributed by atoms with Crippen molar-refractivity contribution in [1.29, 1.82) is 0 Å². The van der Waals surface area contributed by atoms with Crippen molar-refractivity contribution in [2.75, 3.05) is 0 Å². The lowest BCUT2D eigenvalue weighted by Crippen LogP contribution is -2.30. The molecule has 21 heavy (non-hydrogen) atoms. The van der Waals surface area contributed by atoms with Crippen molar-refractivity contribution >= 4 is 16.8 Å². The molecule has 0 saturated heterocycles. The Morgan fingerprint density at radius 3 is 3.05 bits per heavy atom. The number of fused-ring (bicyclic) bond motifs is 1. The number of hydrogen-bond donors (Lipinski definition) is 2. The number of nitrogens with one attached hydrogen (secondary N) is 1. The van der Waals surface area contributed by atoms with Gasteiger partial charge in [0.25, 0.3) is 5.91 Å². The van der Waals surface area contributed by atoms with Crippen LogP contribution >= 0.6 is 0 Å². The molecule has 6 heteroatoms. The van der Waals surface area contributed by atoms with Gasteiger partial charge in [-0.25, -0.2) is 5.84 Å². The van der Waals surface area contributed by atoms with Crippen molar-refractivity contribution < 1.29 is 13.9 Å². The van der Waals surface area contributed by atoms with Gasteiger partial charge in [-0.3, -0.25) is 15.2 Å². The molecule has 0 aliphatic carbocycles. The molecule has 2 aromatic heterocycles. The Kier molecular flexibility index (Phi) is 3.53. The lowest BCUT2D eigenvalue weighted by Gasteiger charge is -2.06. The molecule has 1 aromatic carbocycles. The molecule has 1 amide bonds. The number of ether oxygens (including phenoxy) is 1. The van der Waals surface area contributed by atoms with Crippen LogP contribution in [0.3, 0.4) is 0 Å². The Labute approximate surface area is 120 Å². The molecule has 3 rings (SSSR count). The van der Waals surface area contributed by atoms with Crippen molar-refractivity contribution in [3.8, 4) is 5.75 Å². The van der Waals surface area contributed by atoms with Gasteiger partial charge in [-0.2, -0.15) is 0 Å². The van der Waals surface area contributed by atoms with Crippen LogP contribution in [-0.2, 0) is 6.61 Å². The molecule has 3 aromatic rings. The summed E-state index contributed by atoms with van der Waals surface area (Å²) in [6, 6.07) is 11.2. The Balaban J connectivity index is 1.77. The molecule has 2 heterocycles. The average molecular weight is 283 g/mol. The van der Waals surface area contributed by atoms with Gasteiger partial charge in [0.2, 0.25) is 0 Å². The maximum absolute atomic E-state index is 11.5. The van der Waals surface area contributed by atoms with E-state index in [1.807, 2.05) is 30.3 Å². The van der Waals surface area contributed by atoms with Gasteiger partial charge in [0.15, 0.2) is 5.76 Å². The number of benzene rings is 1. The van der Waals surface area contributed by atoms with Crippen molar-refractivity contribution in [1.82, 2.24) is 10.4 Å². The first-order valence-electron chi connectivity index (χ1n) is 6.33. The summed E-state index contributed by atoms with van der Waals surface area (Å²) in [6.45, 7) is 0.121. The van der Waals surface area contributed by atoms with Crippen LogP contribution in [0.2, 0.25) is 0 Å². The zero-order valence-corrected chi connectivity index (χ0v) is 11.1. The zero-order valence-electron chi connectivity index (χ0n) is 11.1. The number of hydrogen-bond acceptors (Lipinski definition) is 5. The molecule has 3 N–H and O–H groups in total. The third-order valence-corrected chi connectivity index (χ3v) is 3.06. The van der Waals surface area contributed by atoms with Gasteiger partial charge in [0.05, 0.1) is 23.5 Å². The first kappa shape index (κ1) is 13.1. The van der Waals surface area contributed by atoms with Gasteiger partial charge in [0.1, 0.15) is 12.4 Å². The largest absolute Gasteiger partial charge is 0.484 e. The Morgan fingerprint density at radius 2 is 2.19 bits per heavy atom. The van der Waals surface area contributed by atoms with Gasteiger partial charge >= 0.3 is 0 Å². The molecule has 0 unspecified atom stereocenters. The molecule has 6 nitrogen and oxygen atoms in total. The standard InChI is InChI=1S/C15H13N3O3/c16-18-15(19)12-5-6-20-14(12)9-21-11-7-10-3-1-2-4-13(10)17-8-11/h1-8H,9,16H2,(H,18,19). The highest BCUT2D eigenvalue weighted by atomic mass is 16.5. The molecule has 0 spiro atoms. The van der Waals surface area contributed by atoms with E-state index in [0.717, 1.165) is 10.9 Å². The van der Waals surface area contributed by atoms with E-state index >= 15 is 0 Å². The van der Waals surface area contributed by atoms with Gasteiger partial charge in [-0.05, 0) is 18.2 Å². The number of amides is 1. The SMILES string of the molecule is NNC(=O)c1ccoc1COc1cnc2ccccc2c1. The fraction of sp³-hybridized carbons (Fsp3) is 0.0667. The molecule has 0 bridgehead atoms. The van der Waals surface area contributed by atoms with Crippen molar-refractivity contribution in [2.24, 2.45) is 5.84 Å². The zero-order chi connectivity index (χ0) is 14.7. The summed E-state index contributed by atoms with van der Waals surface area (Å²) in [7, 11) is 0. The summed E-state index contributed by atoms with van der Waals surface area (Å²) >= 11 is 0. The number of nitrogens with two attached hydrogens (primary N) is 1. The second-order valence-corrected chi connectivity index (χ2v) is 4.38. The van der Waals surface area contributed by atoms with E-state index in [1.165, 1.54) is 6.26 Å². The number of para-hydroxylation sites is 1. The van der Waals surface area contributed by atoms with Gasteiger partial charge in [-0.1, -0.05) is 18.2 Å². The van der Waals surface area contributed by atoms with Crippen LogP contribution in [0.15, 0.2) is 53.3 Å². The Morgan fingerprint density at radius 1 is 1.33 bits per heavy atom. The highest BCUT2D eigenvalue weighted by molar-refractivity contribution is 5.94. The van der Waals surface area contributed by atoms with Crippen LogP contribution in [0.4, 0.5) is 0 Å². The van der Waals surface area contributed by atoms with Crippen molar-refractivity contribution in [3.63, 3.8) is 0 Å². The van der Waals surface area contributed by atoms with Gasteiger partial charge in [0, 0.05) is 5.39 Å². The molecule has 0 atom stereocenters. The predicted octanol–water partition coefficient (Wildman–Crippen LogP) is 2.01. The van der Waals surface area contributed by atoms with E-state index in [1.54, 1.807) is 12.3 Å². The Hall–Kier alpha value is -2.86. The first-order chi connectivity index (χ1) is 10.3. The van der Waals surface area contributed by atoms with Crippen LogP contribution in [0.1, 0.15) is 16.1 Å².